The van der Waals surface area contributed by atoms with Crippen molar-refractivity contribution in [3.8, 4) is 11.5 Å². The van der Waals surface area contributed by atoms with Crippen LogP contribution in [-0.4, -0.2) is 19.6 Å². The van der Waals surface area contributed by atoms with Gasteiger partial charge in [0.15, 0.2) is 0 Å². The molecule has 0 saturated carbocycles. The minimum absolute atomic E-state index is 0.175. The van der Waals surface area contributed by atoms with Crippen molar-refractivity contribution in [2.24, 2.45) is 5.92 Å². The number of hydrogen-bond acceptors (Lipinski definition) is 3. The number of ether oxygens (including phenoxy) is 2. The number of halogens is 1. The molecule has 1 amide bonds. The van der Waals surface area contributed by atoms with E-state index in [0.717, 1.165) is 9.32 Å². The molecule has 23 heavy (non-hydrogen) atoms. The largest absolute Gasteiger partial charge is 0.496 e. The summed E-state index contributed by atoms with van der Waals surface area (Å²) in [5.74, 6) is 1.67. The van der Waals surface area contributed by atoms with E-state index >= 15 is 0 Å². The molecule has 0 bridgehead atoms. The van der Waals surface area contributed by atoms with Crippen LogP contribution in [0.2, 0.25) is 0 Å². The van der Waals surface area contributed by atoms with Crippen molar-refractivity contribution in [2.45, 2.75) is 13.8 Å². The predicted molar refractivity (Wildman–Crippen MR) is 100 cm³/mol. The summed E-state index contributed by atoms with van der Waals surface area (Å²) in [5.41, 5.74) is 1.25. The molecule has 4 nitrogen and oxygen atoms in total. The summed E-state index contributed by atoms with van der Waals surface area (Å²) in [6, 6.07) is 12.8. The maximum Gasteiger partial charge on any atom is 0.255 e. The van der Waals surface area contributed by atoms with Crippen LogP contribution in [0.1, 0.15) is 24.2 Å². The van der Waals surface area contributed by atoms with Crippen molar-refractivity contribution in [1.82, 2.24) is 0 Å². The lowest BCUT2D eigenvalue weighted by atomic mass is 10.2. The molecule has 0 aliphatic carbocycles. The van der Waals surface area contributed by atoms with E-state index in [1.54, 1.807) is 25.3 Å². The van der Waals surface area contributed by atoms with E-state index in [4.69, 9.17) is 9.47 Å². The van der Waals surface area contributed by atoms with E-state index in [1.807, 2.05) is 24.3 Å². The first kappa shape index (κ1) is 17.6. The normalized spacial score (nSPS) is 10.5. The average Bonchev–Trinajstić information content (AvgIpc) is 2.53. The monoisotopic (exact) mass is 425 g/mol. The third-order valence-electron chi connectivity index (χ3n) is 3.12. The van der Waals surface area contributed by atoms with E-state index in [0.29, 0.717) is 29.5 Å². The van der Waals surface area contributed by atoms with Crippen molar-refractivity contribution in [3.05, 3.63) is 51.6 Å². The number of methoxy groups -OCH3 is 1. The van der Waals surface area contributed by atoms with Crippen molar-refractivity contribution in [2.75, 3.05) is 19.0 Å². The van der Waals surface area contributed by atoms with Crippen molar-refractivity contribution < 1.29 is 14.3 Å². The molecule has 2 rings (SSSR count). The molecule has 0 saturated heterocycles. The van der Waals surface area contributed by atoms with Gasteiger partial charge in [0.25, 0.3) is 5.91 Å². The molecule has 0 fully saturated rings. The van der Waals surface area contributed by atoms with E-state index < -0.39 is 0 Å². The first-order valence-electron chi connectivity index (χ1n) is 7.38. The molecule has 0 aromatic heterocycles. The van der Waals surface area contributed by atoms with E-state index in [2.05, 4.69) is 41.8 Å². The fourth-order valence-electron chi connectivity index (χ4n) is 1.95. The number of anilines is 1. The summed E-state index contributed by atoms with van der Waals surface area (Å²) in [6.45, 7) is 4.77. The van der Waals surface area contributed by atoms with E-state index in [-0.39, 0.29) is 5.91 Å². The fourth-order valence-corrected chi connectivity index (χ4v) is 2.69. The fraction of sp³-hybridized carbons (Fsp3) is 0.278. The van der Waals surface area contributed by atoms with Crippen LogP contribution in [0.15, 0.2) is 42.5 Å². The molecule has 0 spiro atoms. The molecule has 2 aromatic carbocycles. The first-order valence-corrected chi connectivity index (χ1v) is 8.46. The van der Waals surface area contributed by atoms with Crippen LogP contribution in [0.4, 0.5) is 5.69 Å². The highest BCUT2D eigenvalue weighted by molar-refractivity contribution is 14.1. The Hall–Kier alpha value is -1.76. The smallest absolute Gasteiger partial charge is 0.255 e. The Morgan fingerprint density at radius 2 is 1.91 bits per heavy atom. The lowest BCUT2D eigenvalue weighted by Gasteiger charge is -2.14. The molecular weight excluding hydrogens is 405 g/mol. The van der Waals surface area contributed by atoms with Crippen molar-refractivity contribution >= 4 is 34.2 Å². The third kappa shape index (κ3) is 4.86. The molecule has 1 N–H and O–H groups in total. The van der Waals surface area contributed by atoms with Gasteiger partial charge in [-0.2, -0.15) is 0 Å². The summed E-state index contributed by atoms with van der Waals surface area (Å²) in [7, 11) is 1.61. The number of para-hydroxylation sites is 2. The lowest BCUT2D eigenvalue weighted by molar-refractivity contribution is 0.102. The Labute approximate surface area is 150 Å². The second-order valence-corrected chi connectivity index (χ2v) is 6.67. The van der Waals surface area contributed by atoms with Crippen molar-refractivity contribution in [3.63, 3.8) is 0 Å². The number of nitrogens with one attached hydrogen (secondary N) is 1. The van der Waals surface area contributed by atoms with Gasteiger partial charge in [-0.15, -0.1) is 0 Å². The van der Waals surface area contributed by atoms with E-state index in [9.17, 15) is 4.79 Å². The Morgan fingerprint density at radius 3 is 2.57 bits per heavy atom. The van der Waals surface area contributed by atoms with Gasteiger partial charge < -0.3 is 14.8 Å². The summed E-state index contributed by atoms with van der Waals surface area (Å²) in [6.07, 6.45) is 0. The maximum absolute atomic E-state index is 12.4. The quantitative estimate of drug-likeness (QED) is 0.689. The maximum atomic E-state index is 12.4. The van der Waals surface area contributed by atoms with Crippen LogP contribution < -0.4 is 14.8 Å². The highest BCUT2D eigenvalue weighted by Gasteiger charge is 2.12. The molecule has 0 radical (unpaired) electrons. The zero-order valence-corrected chi connectivity index (χ0v) is 15.6. The highest BCUT2D eigenvalue weighted by atomic mass is 127. The molecule has 0 unspecified atom stereocenters. The summed E-state index contributed by atoms with van der Waals surface area (Å²) in [4.78, 5) is 12.4. The molecular formula is C18H20INO3. The Bertz CT molecular complexity index is 686. The topological polar surface area (TPSA) is 47.6 Å². The molecule has 5 heteroatoms. The van der Waals surface area contributed by atoms with Crippen LogP contribution >= 0.6 is 22.6 Å². The second-order valence-electron chi connectivity index (χ2n) is 5.50. The van der Waals surface area contributed by atoms with Crippen LogP contribution in [0, 0.1) is 9.49 Å². The Balaban J connectivity index is 2.15. The number of hydrogen-bond donors (Lipinski definition) is 1. The molecule has 122 valence electrons. The van der Waals surface area contributed by atoms with Crippen LogP contribution in [-0.2, 0) is 0 Å². The standard InChI is InChI=1S/C18H20INO3/c1-12(2)11-23-17-7-5-4-6-15(17)20-18(21)13-8-9-16(22-3)14(19)10-13/h4-10,12H,11H2,1-3H3,(H,20,21). The predicted octanol–water partition coefficient (Wildman–Crippen LogP) is 4.59. The molecule has 0 heterocycles. The second kappa shape index (κ2) is 8.19. The lowest BCUT2D eigenvalue weighted by Crippen LogP contribution is -2.14. The number of rotatable bonds is 6. The molecule has 2 aromatic rings. The van der Waals surface area contributed by atoms with Crippen LogP contribution in [0.5, 0.6) is 11.5 Å². The Kier molecular flexibility index (Phi) is 6.27. The SMILES string of the molecule is COc1ccc(C(=O)Nc2ccccc2OCC(C)C)cc1I. The minimum Gasteiger partial charge on any atom is -0.496 e. The Morgan fingerprint density at radius 1 is 1.17 bits per heavy atom. The van der Waals surface area contributed by atoms with Gasteiger partial charge in [0.1, 0.15) is 11.5 Å². The van der Waals surface area contributed by atoms with E-state index in [1.165, 1.54) is 0 Å². The zero-order valence-electron chi connectivity index (χ0n) is 13.4. The zero-order chi connectivity index (χ0) is 16.8. The number of benzene rings is 2. The number of amides is 1. The van der Waals surface area contributed by atoms with Gasteiger partial charge in [0.2, 0.25) is 0 Å². The van der Waals surface area contributed by atoms with Gasteiger partial charge in [0.05, 0.1) is 23.0 Å². The van der Waals surface area contributed by atoms with Gasteiger partial charge in [0, 0.05) is 5.56 Å². The van der Waals surface area contributed by atoms with Gasteiger partial charge in [-0.3, -0.25) is 4.79 Å². The third-order valence-corrected chi connectivity index (χ3v) is 3.96. The van der Waals surface area contributed by atoms with Gasteiger partial charge in [-0.05, 0) is 58.8 Å². The van der Waals surface area contributed by atoms with Crippen molar-refractivity contribution in [1.29, 1.82) is 0 Å². The molecule has 0 aliphatic rings. The summed E-state index contributed by atoms with van der Waals surface area (Å²) < 4.78 is 11.9. The minimum atomic E-state index is -0.175. The molecule has 0 atom stereocenters. The number of carbonyl (C=O) groups is 1. The first-order chi connectivity index (χ1) is 11.0. The summed E-state index contributed by atoms with van der Waals surface area (Å²) >= 11 is 2.15. The number of carbonyl (C=O) groups excluding carboxylic acids is 1. The summed E-state index contributed by atoms with van der Waals surface area (Å²) in [5, 5.41) is 2.91. The van der Waals surface area contributed by atoms with Crippen LogP contribution in [0.25, 0.3) is 0 Å². The van der Waals surface area contributed by atoms with Crippen LogP contribution in [0.3, 0.4) is 0 Å². The van der Waals surface area contributed by atoms with Gasteiger partial charge >= 0.3 is 0 Å². The van der Waals surface area contributed by atoms with Gasteiger partial charge in [-0.1, -0.05) is 26.0 Å². The molecule has 0 aliphatic heterocycles. The van der Waals surface area contributed by atoms with Gasteiger partial charge in [-0.25, -0.2) is 0 Å². The average molecular weight is 425 g/mol. The highest BCUT2D eigenvalue weighted by Crippen LogP contribution is 2.26.